The van der Waals surface area contributed by atoms with Gasteiger partial charge in [-0.05, 0) is 30.0 Å². The average molecular weight is 265 g/mol. The summed E-state index contributed by atoms with van der Waals surface area (Å²) < 4.78 is 4.66. The summed E-state index contributed by atoms with van der Waals surface area (Å²) in [6, 6.07) is 7.65. The number of hydrogen-bond donors (Lipinski definition) is 2. The van der Waals surface area contributed by atoms with Crippen molar-refractivity contribution >= 4 is 5.97 Å². The van der Waals surface area contributed by atoms with Crippen molar-refractivity contribution in [2.45, 2.75) is 32.9 Å². The molecule has 0 bridgehead atoms. The van der Waals surface area contributed by atoms with Gasteiger partial charge >= 0.3 is 5.97 Å². The van der Waals surface area contributed by atoms with Crippen LogP contribution >= 0.6 is 0 Å². The Balaban J connectivity index is 2.55. The number of aliphatic hydroxyl groups excluding tert-OH is 1. The average Bonchev–Trinajstić information content (AvgIpc) is 2.42. The van der Waals surface area contributed by atoms with Crippen LogP contribution < -0.4 is 5.32 Å². The molecule has 1 atom stereocenters. The van der Waals surface area contributed by atoms with Crippen molar-refractivity contribution < 1.29 is 14.6 Å². The highest BCUT2D eigenvalue weighted by atomic mass is 16.5. The van der Waals surface area contributed by atoms with E-state index in [1.807, 2.05) is 12.1 Å². The molecule has 0 spiro atoms. The molecule has 19 heavy (non-hydrogen) atoms. The predicted octanol–water partition coefficient (Wildman–Crippen LogP) is 1.97. The molecule has 1 aromatic carbocycles. The smallest absolute Gasteiger partial charge is 0.337 e. The van der Waals surface area contributed by atoms with E-state index in [0.717, 1.165) is 18.5 Å². The second kappa shape index (κ2) is 7.92. The third kappa shape index (κ3) is 5.01. The van der Waals surface area contributed by atoms with Gasteiger partial charge in [0.05, 0.1) is 12.7 Å². The van der Waals surface area contributed by atoms with Gasteiger partial charge in [0.15, 0.2) is 0 Å². The zero-order valence-corrected chi connectivity index (χ0v) is 11.8. The van der Waals surface area contributed by atoms with Crippen molar-refractivity contribution in [3.05, 3.63) is 35.4 Å². The van der Waals surface area contributed by atoms with E-state index in [0.29, 0.717) is 17.5 Å². The number of aliphatic hydroxyl groups is 1. The summed E-state index contributed by atoms with van der Waals surface area (Å²) in [5.74, 6) is 0.154. The Morgan fingerprint density at radius 2 is 1.95 bits per heavy atom. The maximum absolute atomic E-state index is 11.3. The molecule has 4 heteroatoms. The van der Waals surface area contributed by atoms with Gasteiger partial charge in [0.1, 0.15) is 0 Å². The van der Waals surface area contributed by atoms with Crippen LogP contribution in [0.1, 0.15) is 36.2 Å². The minimum absolute atomic E-state index is 0.192. The third-order valence-corrected chi connectivity index (χ3v) is 3.19. The van der Waals surface area contributed by atoms with E-state index in [9.17, 15) is 4.79 Å². The Kier molecular flexibility index (Phi) is 6.53. The summed E-state index contributed by atoms with van der Waals surface area (Å²) >= 11 is 0. The van der Waals surface area contributed by atoms with Gasteiger partial charge in [-0.2, -0.15) is 0 Å². The molecule has 0 amide bonds. The first-order valence-corrected chi connectivity index (χ1v) is 6.60. The number of benzene rings is 1. The molecule has 4 nitrogen and oxygen atoms in total. The zero-order valence-electron chi connectivity index (χ0n) is 11.8. The lowest BCUT2D eigenvalue weighted by Crippen LogP contribution is -2.34. The third-order valence-electron chi connectivity index (χ3n) is 3.19. The lowest BCUT2D eigenvalue weighted by Gasteiger charge is -2.21. The minimum Gasteiger partial charge on any atom is -0.465 e. The maximum Gasteiger partial charge on any atom is 0.337 e. The molecule has 1 rings (SSSR count). The Hall–Kier alpha value is -1.39. The first-order valence-electron chi connectivity index (χ1n) is 6.60. The molecular weight excluding hydrogens is 242 g/mol. The van der Waals surface area contributed by atoms with Crippen LogP contribution in [0.25, 0.3) is 0 Å². The van der Waals surface area contributed by atoms with Crippen LogP contribution in [0.4, 0.5) is 0 Å². The van der Waals surface area contributed by atoms with Crippen LogP contribution in [-0.2, 0) is 11.3 Å². The standard InChI is InChI=1S/C15H23NO3/c1-11(2)14(8-9-17)16-10-12-4-6-13(7-5-12)15(18)19-3/h4-7,11,14,16-17H,8-10H2,1-3H3. The van der Waals surface area contributed by atoms with E-state index in [2.05, 4.69) is 23.9 Å². The van der Waals surface area contributed by atoms with Crippen LogP contribution in [-0.4, -0.2) is 30.8 Å². The fourth-order valence-electron chi connectivity index (χ4n) is 1.94. The van der Waals surface area contributed by atoms with Gasteiger partial charge in [-0.25, -0.2) is 4.79 Å². The monoisotopic (exact) mass is 265 g/mol. The van der Waals surface area contributed by atoms with Gasteiger partial charge in [-0.15, -0.1) is 0 Å². The molecule has 0 aromatic heterocycles. The predicted molar refractivity (Wildman–Crippen MR) is 75.0 cm³/mol. The zero-order chi connectivity index (χ0) is 14.3. The first kappa shape index (κ1) is 15.7. The normalized spacial score (nSPS) is 12.5. The summed E-state index contributed by atoms with van der Waals surface area (Å²) in [6.07, 6.45) is 0.748. The summed E-state index contributed by atoms with van der Waals surface area (Å²) in [5, 5.41) is 12.4. The molecule has 0 radical (unpaired) electrons. The second-order valence-corrected chi connectivity index (χ2v) is 4.93. The molecule has 0 heterocycles. The van der Waals surface area contributed by atoms with Crippen molar-refractivity contribution in [1.29, 1.82) is 0 Å². The van der Waals surface area contributed by atoms with Crippen molar-refractivity contribution in [2.75, 3.05) is 13.7 Å². The molecule has 0 saturated heterocycles. The van der Waals surface area contributed by atoms with Crippen molar-refractivity contribution in [2.24, 2.45) is 5.92 Å². The molecule has 1 unspecified atom stereocenters. The fourth-order valence-corrected chi connectivity index (χ4v) is 1.94. The Morgan fingerprint density at radius 3 is 2.42 bits per heavy atom. The molecule has 1 aromatic rings. The Bertz CT molecular complexity index is 387. The van der Waals surface area contributed by atoms with Gasteiger partial charge in [0.25, 0.3) is 0 Å². The number of carbonyl (C=O) groups is 1. The second-order valence-electron chi connectivity index (χ2n) is 4.93. The highest BCUT2D eigenvalue weighted by Gasteiger charge is 2.12. The van der Waals surface area contributed by atoms with Gasteiger partial charge in [-0.1, -0.05) is 26.0 Å². The maximum atomic E-state index is 11.3. The van der Waals surface area contributed by atoms with E-state index in [-0.39, 0.29) is 12.6 Å². The number of ether oxygens (including phenoxy) is 1. The Morgan fingerprint density at radius 1 is 1.32 bits per heavy atom. The van der Waals surface area contributed by atoms with Crippen LogP contribution in [0.2, 0.25) is 0 Å². The minimum atomic E-state index is -0.320. The van der Waals surface area contributed by atoms with E-state index in [4.69, 9.17) is 5.11 Å². The number of hydrogen-bond acceptors (Lipinski definition) is 4. The molecule has 0 aliphatic rings. The highest BCUT2D eigenvalue weighted by molar-refractivity contribution is 5.89. The lowest BCUT2D eigenvalue weighted by atomic mass is 10.0. The lowest BCUT2D eigenvalue weighted by molar-refractivity contribution is 0.0600. The van der Waals surface area contributed by atoms with Crippen LogP contribution in [0.5, 0.6) is 0 Å². The van der Waals surface area contributed by atoms with Crippen LogP contribution in [0.15, 0.2) is 24.3 Å². The summed E-state index contributed by atoms with van der Waals surface area (Å²) in [4.78, 5) is 11.3. The quantitative estimate of drug-likeness (QED) is 0.740. The molecule has 106 valence electrons. The highest BCUT2D eigenvalue weighted by Crippen LogP contribution is 2.09. The molecule has 0 aliphatic heterocycles. The topological polar surface area (TPSA) is 58.6 Å². The number of methoxy groups -OCH3 is 1. The molecule has 0 fully saturated rings. The van der Waals surface area contributed by atoms with Gasteiger partial charge in [0, 0.05) is 19.2 Å². The summed E-state index contributed by atoms with van der Waals surface area (Å²) in [6.45, 7) is 5.18. The van der Waals surface area contributed by atoms with E-state index in [1.165, 1.54) is 7.11 Å². The van der Waals surface area contributed by atoms with Gasteiger partial charge in [-0.3, -0.25) is 0 Å². The molecule has 0 aliphatic carbocycles. The van der Waals surface area contributed by atoms with E-state index >= 15 is 0 Å². The number of nitrogens with one attached hydrogen (secondary N) is 1. The summed E-state index contributed by atoms with van der Waals surface area (Å²) in [7, 11) is 1.37. The Labute approximate surface area is 114 Å². The van der Waals surface area contributed by atoms with Crippen molar-refractivity contribution in [3.8, 4) is 0 Å². The number of esters is 1. The molecule has 0 saturated carbocycles. The van der Waals surface area contributed by atoms with Crippen molar-refractivity contribution in [1.82, 2.24) is 5.32 Å². The van der Waals surface area contributed by atoms with Crippen LogP contribution in [0.3, 0.4) is 0 Å². The SMILES string of the molecule is COC(=O)c1ccc(CNC(CCO)C(C)C)cc1. The fraction of sp³-hybridized carbons (Fsp3) is 0.533. The number of carbonyl (C=O) groups excluding carboxylic acids is 1. The van der Waals surface area contributed by atoms with E-state index < -0.39 is 0 Å². The van der Waals surface area contributed by atoms with Gasteiger partial charge in [0.2, 0.25) is 0 Å². The summed E-state index contributed by atoms with van der Waals surface area (Å²) in [5.41, 5.74) is 1.67. The van der Waals surface area contributed by atoms with Gasteiger partial charge < -0.3 is 15.2 Å². The first-order chi connectivity index (χ1) is 9.08. The van der Waals surface area contributed by atoms with E-state index in [1.54, 1.807) is 12.1 Å². The largest absolute Gasteiger partial charge is 0.465 e. The number of rotatable bonds is 7. The van der Waals surface area contributed by atoms with Crippen LogP contribution in [0, 0.1) is 5.92 Å². The molecule has 2 N–H and O–H groups in total. The molecular formula is C15H23NO3. The van der Waals surface area contributed by atoms with Crippen molar-refractivity contribution in [3.63, 3.8) is 0 Å².